The summed E-state index contributed by atoms with van der Waals surface area (Å²) >= 11 is 0. The molecule has 1 aliphatic heterocycles. The van der Waals surface area contributed by atoms with E-state index in [9.17, 15) is 15.0 Å². The van der Waals surface area contributed by atoms with Crippen LogP contribution >= 0.6 is 0 Å². The first-order valence-corrected chi connectivity index (χ1v) is 10.1. The standard InChI is InChI=1S/C24H23NO7/c26-13-12-21(31-19-4-2-1-3-5-19)23(16-6-9-18(27)10-7-16)32-24(28)25-17-8-11-20-22(14-17)30-15-29-20/h1-11,14,21,23,26-27H,12-13,15H2,(H,25,28)/t21-,23-/m1/s1. The number of amides is 1. The maximum Gasteiger partial charge on any atom is 0.412 e. The summed E-state index contributed by atoms with van der Waals surface area (Å²) in [5, 5.41) is 21.9. The van der Waals surface area contributed by atoms with Crippen LogP contribution in [0.15, 0.2) is 72.8 Å². The van der Waals surface area contributed by atoms with E-state index in [1.54, 1.807) is 42.5 Å². The van der Waals surface area contributed by atoms with Gasteiger partial charge < -0.3 is 29.2 Å². The normalized spacial score (nSPS) is 13.8. The smallest absolute Gasteiger partial charge is 0.412 e. The van der Waals surface area contributed by atoms with E-state index in [1.165, 1.54) is 12.1 Å². The van der Waals surface area contributed by atoms with Crippen molar-refractivity contribution in [1.29, 1.82) is 0 Å². The lowest BCUT2D eigenvalue weighted by Crippen LogP contribution is -2.31. The van der Waals surface area contributed by atoms with Crippen molar-refractivity contribution in [3.63, 3.8) is 0 Å². The second kappa shape index (κ2) is 9.93. The lowest BCUT2D eigenvalue weighted by atomic mass is 10.0. The van der Waals surface area contributed by atoms with Gasteiger partial charge in [0.1, 0.15) is 17.6 Å². The zero-order chi connectivity index (χ0) is 22.3. The number of rotatable bonds is 8. The van der Waals surface area contributed by atoms with Gasteiger partial charge in [0.05, 0.1) is 0 Å². The molecule has 0 radical (unpaired) electrons. The topological polar surface area (TPSA) is 106 Å². The van der Waals surface area contributed by atoms with Crippen LogP contribution < -0.4 is 19.5 Å². The van der Waals surface area contributed by atoms with Crippen molar-refractivity contribution in [3.05, 3.63) is 78.4 Å². The Hall–Kier alpha value is -3.91. The Labute approximate surface area is 184 Å². The summed E-state index contributed by atoms with van der Waals surface area (Å²) in [6, 6.07) is 20.4. The molecule has 0 spiro atoms. The molecule has 1 heterocycles. The van der Waals surface area contributed by atoms with Crippen molar-refractivity contribution in [2.75, 3.05) is 18.7 Å². The van der Waals surface area contributed by atoms with Gasteiger partial charge in [-0.1, -0.05) is 30.3 Å². The zero-order valence-electron chi connectivity index (χ0n) is 17.1. The van der Waals surface area contributed by atoms with Crippen LogP contribution in [0, 0.1) is 0 Å². The molecule has 3 aromatic rings. The molecule has 8 nitrogen and oxygen atoms in total. The first kappa shape index (κ1) is 21.3. The van der Waals surface area contributed by atoms with Crippen molar-refractivity contribution in [2.45, 2.75) is 18.6 Å². The molecule has 0 aliphatic carbocycles. The summed E-state index contributed by atoms with van der Waals surface area (Å²) in [7, 11) is 0. The number of ether oxygens (including phenoxy) is 4. The van der Waals surface area contributed by atoms with E-state index in [-0.39, 0.29) is 25.6 Å². The van der Waals surface area contributed by atoms with Crippen LogP contribution in [0.4, 0.5) is 10.5 Å². The van der Waals surface area contributed by atoms with Crippen LogP contribution in [0.5, 0.6) is 23.0 Å². The number of hydrogen-bond acceptors (Lipinski definition) is 7. The van der Waals surface area contributed by atoms with E-state index in [2.05, 4.69) is 5.32 Å². The van der Waals surface area contributed by atoms with Gasteiger partial charge in [0.2, 0.25) is 6.79 Å². The third kappa shape index (κ3) is 5.22. The molecule has 0 saturated heterocycles. The zero-order valence-corrected chi connectivity index (χ0v) is 17.1. The van der Waals surface area contributed by atoms with E-state index in [0.29, 0.717) is 28.5 Å². The Morgan fingerprint density at radius 3 is 2.50 bits per heavy atom. The first-order valence-electron chi connectivity index (χ1n) is 10.1. The molecule has 2 atom stereocenters. The molecule has 0 fully saturated rings. The first-order chi connectivity index (χ1) is 15.6. The number of carbonyl (C=O) groups is 1. The monoisotopic (exact) mass is 437 g/mol. The third-order valence-corrected chi connectivity index (χ3v) is 4.86. The van der Waals surface area contributed by atoms with Gasteiger partial charge in [0.25, 0.3) is 0 Å². The van der Waals surface area contributed by atoms with Crippen LogP contribution in [-0.2, 0) is 4.74 Å². The minimum absolute atomic E-state index is 0.0833. The molecular formula is C24H23NO7. The maximum absolute atomic E-state index is 12.8. The van der Waals surface area contributed by atoms with Gasteiger partial charge >= 0.3 is 6.09 Å². The van der Waals surface area contributed by atoms with Crippen LogP contribution in [0.2, 0.25) is 0 Å². The lowest BCUT2D eigenvalue weighted by Gasteiger charge is -2.28. The Balaban J connectivity index is 1.55. The predicted molar refractivity (Wildman–Crippen MR) is 116 cm³/mol. The average molecular weight is 437 g/mol. The molecule has 32 heavy (non-hydrogen) atoms. The summed E-state index contributed by atoms with van der Waals surface area (Å²) in [5.41, 5.74) is 1.09. The van der Waals surface area contributed by atoms with E-state index >= 15 is 0 Å². The van der Waals surface area contributed by atoms with E-state index in [0.717, 1.165) is 0 Å². The number of phenols is 1. The Morgan fingerprint density at radius 1 is 1.00 bits per heavy atom. The average Bonchev–Trinajstić information content (AvgIpc) is 3.27. The van der Waals surface area contributed by atoms with Crippen molar-refractivity contribution >= 4 is 11.8 Å². The molecule has 3 N–H and O–H groups in total. The largest absolute Gasteiger partial charge is 0.508 e. The number of phenolic OH excluding ortho intramolecular Hbond substituents is 1. The molecule has 8 heteroatoms. The molecule has 0 bridgehead atoms. The summed E-state index contributed by atoms with van der Waals surface area (Å²) in [4.78, 5) is 12.8. The van der Waals surface area contributed by atoms with Gasteiger partial charge in [-0.15, -0.1) is 0 Å². The highest BCUT2D eigenvalue weighted by Gasteiger charge is 2.29. The molecule has 1 amide bonds. The third-order valence-electron chi connectivity index (χ3n) is 4.86. The van der Waals surface area contributed by atoms with Crippen LogP contribution in [0.3, 0.4) is 0 Å². The number of aliphatic hydroxyl groups excluding tert-OH is 1. The van der Waals surface area contributed by atoms with Gasteiger partial charge in [-0.2, -0.15) is 0 Å². The fourth-order valence-corrected chi connectivity index (χ4v) is 3.33. The highest BCUT2D eigenvalue weighted by molar-refractivity contribution is 5.85. The van der Waals surface area contributed by atoms with Gasteiger partial charge in [-0.25, -0.2) is 4.79 Å². The number of hydrogen-bond donors (Lipinski definition) is 3. The van der Waals surface area contributed by atoms with Crippen molar-refractivity contribution in [3.8, 4) is 23.0 Å². The van der Waals surface area contributed by atoms with E-state index in [4.69, 9.17) is 18.9 Å². The van der Waals surface area contributed by atoms with Gasteiger partial charge in [0.15, 0.2) is 17.6 Å². The van der Waals surface area contributed by atoms with Crippen molar-refractivity contribution < 1.29 is 34.0 Å². The molecule has 4 rings (SSSR count). The Morgan fingerprint density at radius 2 is 1.75 bits per heavy atom. The molecular weight excluding hydrogens is 414 g/mol. The highest BCUT2D eigenvalue weighted by Crippen LogP contribution is 2.35. The highest BCUT2D eigenvalue weighted by atomic mass is 16.7. The van der Waals surface area contributed by atoms with Gasteiger partial charge in [-0.3, -0.25) is 5.32 Å². The number of nitrogens with one attached hydrogen (secondary N) is 1. The van der Waals surface area contributed by atoms with Crippen LogP contribution in [-0.4, -0.2) is 35.8 Å². The molecule has 1 aliphatic rings. The van der Waals surface area contributed by atoms with Gasteiger partial charge in [0, 0.05) is 24.8 Å². The minimum atomic E-state index is -0.850. The summed E-state index contributed by atoms with van der Waals surface area (Å²) in [5.74, 6) is 1.79. The molecule has 166 valence electrons. The number of aliphatic hydroxyl groups is 1. The molecule has 0 aromatic heterocycles. The SMILES string of the molecule is O=C(Nc1ccc2c(c1)OCO2)O[C@H](c1ccc(O)cc1)[C@@H](CCO)Oc1ccccc1. The Bertz CT molecular complexity index is 1040. The van der Waals surface area contributed by atoms with E-state index in [1.807, 2.05) is 18.2 Å². The second-order valence-corrected chi connectivity index (χ2v) is 7.09. The number of para-hydroxylation sites is 1. The molecule has 0 saturated carbocycles. The maximum atomic E-state index is 12.8. The summed E-state index contributed by atoms with van der Waals surface area (Å²) < 4.78 is 22.4. The number of aromatic hydroxyl groups is 1. The molecule has 3 aromatic carbocycles. The summed E-state index contributed by atoms with van der Waals surface area (Å²) in [6.45, 7) is -0.0367. The quantitative estimate of drug-likeness (QED) is 0.484. The van der Waals surface area contributed by atoms with Gasteiger partial charge in [-0.05, 0) is 42.0 Å². The minimum Gasteiger partial charge on any atom is -0.508 e. The number of carbonyl (C=O) groups excluding carboxylic acids is 1. The molecule has 0 unspecified atom stereocenters. The fourth-order valence-electron chi connectivity index (χ4n) is 3.33. The van der Waals surface area contributed by atoms with E-state index < -0.39 is 18.3 Å². The van der Waals surface area contributed by atoms with Crippen LogP contribution in [0.25, 0.3) is 0 Å². The second-order valence-electron chi connectivity index (χ2n) is 7.09. The number of benzene rings is 3. The lowest BCUT2D eigenvalue weighted by molar-refractivity contribution is 0.00907. The summed E-state index contributed by atoms with van der Waals surface area (Å²) in [6.07, 6.45) is -2.01. The predicted octanol–water partition coefficient (Wildman–Crippen LogP) is 4.24. The number of fused-ring (bicyclic) bond motifs is 1. The number of anilines is 1. The van der Waals surface area contributed by atoms with Crippen molar-refractivity contribution in [2.24, 2.45) is 0 Å². The van der Waals surface area contributed by atoms with Crippen LogP contribution in [0.1, 0.15) is 18.1 Å². The fraction of sp³-hybridized carbons (Fsp3) is 0.208. The Kier molecular flexibility index (Phi) is 6.62. The van der Waals surface area contributed by atoms with Crippen molar-refractivity contribution in [1.82, 2.24) is 0 Å².